The minimum absolute atomic E-state index is 0.0554. The molecule has 0 radical (unpaired) electrons. The number of hydrogen-bond acceptors (Lipinski definition) is 9. The Hall–Kier alpha value is -3.43. The van der Waals surface area contributed by atoms with Gasteiger partial charge in [0.05, 0.1) is 11.4 Å². The molecule has 0 amide bonds. The molecule has 0 saturated heterocycles. The Morgan fingerprint density at radius 1 is 1.16 bits per heavy atom. The molecule has 3 heterocycles. The highest BCUT2D eigenvalue weighted by Gasteiger charge is 2.25. The van der Waals surface area contributed by atoms with E-state index in [1.165, 1.54) is 11.2 Å². The smallest absolute Gasteiger partial charge is 0.133 e. The number of aromatic nitrogens is 3. The van der Waals surface area contributed by atoms with Crippen LogP contribution in [0.2, 0.25) is 0 Å². The van der Waals surface area contributed by atoms with Crippen LogP contribution in [0.4, 0.5) is 17.5 Å². The normalized spacial score (nSPS) is 13.3. The van der Waals surface area contributed by atoms with Gasteiger partial charge in [-0.1, -0.05) is 20.8 Å². The zero-order chi connectivity index (χ0) is 22.8. The molecule has 9 heteroatoms. The van der Waals surface area contributed by atoms with Crippen molar-refractivity contribution in [3.05, 3.63) is 54.1 Å². The van der Waals surface area contributed by atoms with Gasteiger partial charge in [0.25, 0.3) is 0 Å². The number of pyridine rings is 3. The molecule has 0 aliphatic carbocycles. The first-order chi connectivity index (χ1) is 14.6. The maximum absolute atomic E-state index is 6.14. The Morgan fingerprint density at radius 2 is 1.87 bits per heavy atom. The van der Waals surface area contributed by atoms with Gasteiger partial charge in [-0.15, -0.1) is 0 Å². The summed E-state index contributed by atoms with van der Waals surface area (Å²) >= 11 is 0. The van der Waals surface area contributed by atoms with Crippen LogP contribution in [0, 0.1) is 5.41 Å². The van der Waals surface area contributed by atoms with Gasteiger partial charge in [-0.05, 0) is 47.7 Å². The molecular weight excluding hydrogens is 390 g/mol. The van der Waals surface area contributed by atoms with E-state index in [1.54, 1.807) is 19.4 Å². The second kappa shape index (κ2) is 8.75. The Labute approximate surface area is 182 Å². The number of rotatable bonds is 6. The van der Waals surface area contributed by atoms with Crippen molar-refractivity contribution in [2.75, 3.05) is 25.1 Å². The molecule has 3 rings (SSSR count). The summed E-state index contributed by atoms with van der Waals surface area (Å²) in [6, 6.07) is 8.01. The van der Waals surface area contributed by atoms with Gasteiger partial charge in [0, 0.05) is 37.1 Å². The van der Waals surface area contributed by atoms with Gasteiger partial charge >= 0.3 is 0 Å². The second-order valence-electron chi connectivity index (χ2n) is 8.53. The number of hydrogen-bond donors (Lipinski definition) is 5. The van der Waals surface area contributed by atoms with Crippen LogP contribution in [0.25, 0.3) is 16.5 Å². The lowest BCUT2D eigenvalue weighted by Crippen LogP contribution is -2.29. The lowest BCUT2D eigenvalue weighted by atomic mass is 9.83. The van der Waals surface area contributed by atoms with Gasteiger partial charge < -0.3 is 27.1 Å². The molecule has 3 aromatic heterocycles. The Kier molecular flexibility index (Phi) is 6.28. The van der Waals surface area contributed by atoms with Crippen molar-refractivity contribution in [3.8, 4) is 0 Å². The molecule has 0 aromatic carbocycles. The molecule has 8 N–H and O–H groups in total. The monoisotopic (exact) mass is 421 g/mol. The molecule has 0 aliphatic heterocycles. The zero-order valence-electron chi connectivity index (χ0n) is 18.6. The summed E-state index contributed by atoms with van der Waals surface area (Å²) in [7, 11) is 3.65. The summed E-state index contributed by atoms with van der Waals surface area (Å²) in [6.07, 6.45) is 4.89. The quantitative estimate of drug-likeness (QED) is 0.300. The number of nitrogens with zero attached hydrogens (tertiary/aromatic N) is 4. The number of fused-ring (bicyclic) bond motifs is 1. The molecular formula is C22H31N9. The Morgan fingerprint density at radius 3 is 2.48 bits per heavy atom. The van der Waals surface area contributed by atoms with E-state index < -0.39 is 0 Å². The van der Waals surface area contributed by atoms with Crippen molar-refractivity contribution in [2.24, 2.45) is 17.0 Å². The summed E-state index contributed by atoms with van der Waals surface area (Å²) in [5.74, 6) is 7.56. The topological polar surface area (TPSA) is 144 Å². The van der Waals surface area contributed by atoms with Gasteiger partial charge in [-0.2, -0.15) is 0 Å². The minimum Gasteiger partial charge on any atom is -0.403 e. The summed E-state index contributed by atoms with van der Waals surface area (Å²) in [4.78, 5) is 13.3. The van der Waals surface area contributed by atoms with Gasteiger partial charge in [-0.25, -0.2) is 20.8 Å². The third-order valence-electron chi connectivity index (χ3n) is 5.07. The SMILES string of the molecule is CNC(c1ccnc(Nc2cc3cc(/C(=C/N)N(C)N)nc(N)c3cn2)c1)C(C)(C)C. The highest BCUT2D eigenvalue weighted by Crippen LogP contribution is 2.33. The van der Waals surface area contributed by atoms with E-state index in [1.807, 2.05) is 31.3 Å². The van der Waals surface area contributed by atoms with Crippen molar-refractivity contribution in [2.45, 2.75) is 26.8 Å². The van der Waals surface area contributed by atoms with Crippen molar-refractivity contribution in [1.29, 1.82) is 0 Å². The van der Waals surface area contributed by atoms with Gasteiger partial charge in [0.15, 0.2) is 0 Å². The van der Waals surface area contributed by atoms with E-state index in [4.69, 9.17) is 17.3 Å². The third kappa shape index (κ3) is 4.84. The molecule has 0 bridgehead atoms. The largest absolute Gasteiger partial charge is 0.403 e. The first-order valence-corrected chi connectivity index (χ1v) is 10.0. The van der Waals surface area contributed by atoms with Gasteiger partial charge in [-0.3, -0.25) is 0 Å². The van der Waals surface area contributed by atoms with E-state index >= 15 is 0 Å². The molecule has 0 saturated carbocycles. The number of nitrogens with one attached hydrogen (secondary N) is 2. The molecule has 1 atom stereocenters. The summed E-state index contributed by atoms with van der Waals surface area (Å²) in [6.45, 7) is 6.60. The zero-order valence-corrected chi connectivity index (χ0v) is 18.6. The molecule has 164 valence electrons. The molecule has 0 spiro atoms. The van der Waals surface area contributed by atoms with Crippen LogP contribution in [0.1, 0.15) is 38.1 Å². The van der Waals surface area contributed by atoms with Crippen LogP contribution in [0.5, 0.6) is 0 Å². The lowest BCUT2D eigenvalue weighted by Gasteiger charge is -2.31. The van der Waals surface area contributed by atoms with Crippen LogP contribution >= 0.6 is 0 Å². The van der Waals surface area contributed by atoms with E-state index in [9.17, 15) is 0 Å². The van der Waals surface area contributed by atoms with Crippen LogP contribution in [-0.2, 0) is 0 Å². The average molecular weight is 422 g/mol. The predicted octanol–water partition coefficient (Wildman–Crippen LogP) is 2.72. The first-order valence-electron chi connectivity index (χ1n) is 10.0. The van der Waals surface area contributed by atoms with E-state index in [0.29, 0.717) is 28.8 Å². The maximum atomic E-state index is 6.14. The fourth-order valence-corrected chi connectivity index (χ4v) is 3.68. The predicted molar refractivity (Wildman–Crippen MR) is 127 cm³/mol. The van der Waals surface area contributed by atoms with Gasteiger partial charge in [0.2, 0.25) is 0 Å². The van der Waals surface area contributed by atoms with E-state index in [-0.39, 0.29) is 11.5 Å². The fourth-order valence-electron chi connectivity index (χ4n) is 3.68. The van der Waals surface area contributed by atoms with Crippen molar-refractivity contribution in [3.63, 3.8) is 0 Å². The average Bonchev–Trinajstić information content (AvgIpc) is 2.68. The second-order valence-corrected chi connectivity index (χ2v) is 8.53. The maximum Gasteiger partial charge on any atom is 0.133 e. The Balaban J connectivity index is 1.97. The number of anilines is 3. The molecule has 3 aromatic rings. The highest BCUT2D eigenvalue weighted by molar-refractivity contribution is 5.93. The van der Waals surface area contributed by atoms with Crippen LogP contribution in [-0.4, -0.2) is 34.1 Å². The van der Waals surface area contributed by atoms with Crippen LogP contribution < -0.4 is 27.9 Å². The lowest BCUT2D eigenvalue weighted by molar-refractivity contribution is 0.287. The number of nitrogen functional groups attached to an aromatic ring is 1. The van der Waals surface area contributed by atoms with Crippen LogP contribution in [0.15, 0.2) is 42.9 Å². The molecule has 1 unspecified atom stereocenters. The number of nitrogens with two attached hydrogens (primary N) is 3. The minimum atomic E-state index is 0.0554. The standard InChI is InChI=1S/C22H31N9/c1-22(2,3)20(26-4)13-6-7-27-18(9-13)30-19-10-14-8-16(17(11-23)31(5)25)29-21(24)15(14)12-28-19/h6-12,20,26H,23,25H2,1-5H3,(H2,24,29)(H,27,28,30)/b17-11-. The van der Waals surface area contributed by atoms with Crippen molar-refractivity contribution < 1.29 is 0 Å². The number of hydrazine groups is 1. The van der Waals surface area contributed by atoms with E-state index in [0.717, 1.165) is 16.3 Å². The van der Waals surface area contributed by atoms with Gasteiger partial charge in [0.1, 0.15) is 17.5 Å². The molecule has 31 heavy (non-hydrogen) atoms. The molecule has 9 nitrogen and oxygen atoms in total. The Bertz CT molecular complexity index is 1100. The van der Waals surface area contributed by atoms with Crippen molar-refractivity contribution >= 4 is 33.9 Å². The summed E-state index contributed by atoms with van der Waals surface area (Å²) in [5, 5.41) is 9.68. The van der Waals surface area contributed by atoms with E-state index in [2.05, 4.69) is 46.4 Å². The molecule has 0 fully saturated rings. The van der Waals surface area contributed by atoms with Crippen molar-refractivity contribution in [1.82, 2.24) is 25.3 Å². The highest BCUT2D eigenvalue weighted by atomic mass is 15.4. The molecule has 0 aliphatic rings. The van der Waals surface area contributed by atoms with Crippen LogP contribution in [0.3, 0.4) is 0 Å². The fraction of sp³-hybridized carbons (Fsp3) is 0.318. The third-order valence-corrected chi connectivity index (χ3v) is 5.07. The summed E-state index contributed by atoms with van der Waals surface area (Å²) in [5.41, 5.74) is 14.2. The summed E-state index contributed by atoms with van der Waals surface area (Å²) < 4.78 is 0. The first kappa shape index (κ1) is 22.3.